The van der Waals surface area contributed by atoms with Gasteiger partial charge < -0.3 is 9.64 Å². The lowest BCUT2D eigenvalue weighted by Gasteiger charge is -2.22. The van der Waals surface area contributed by atoms with Crippen molar-refractivity contribution in [3.63, 3.8) is 0 Å². The van der Waals surface area contributed by atoms with Crippen LogP contribution < -0.4 is 9.64 Å². The van der Waals surface area contributed by atoms with Gasteiger partial charge >= 0.3 is 0 Å². The summed E-state index contributed by atoms with van der Waals surface area (Å²) in [6, 6.07) is 13.9. The lowest BCUT2D eigenvalue weighted by atomic mass is 10.1. The van der Waals surface area contributed by atoms with E-state index in [2.05, 4.69) is 16.3 Å². The molecule has 0 N–H and O–H groups in total. The zero-order valence-corrected chi connectivity index (χ0v) is 18.3. The van der Waals surface area contributed by atoms with Crippen LogP contribution in [0.25, 0.3) is 5.69 Å². The molecule has 152 valence electrons. The van der Waals surface area contributed by atoms with E-state index >= 15 is 0 Å². The van der Waals surface area contributed by atoms with Crippen LogP contribution in [0, 0.1) is 20.8 Å². The number of carbonyl (C=O) groups excluding carboxylic acids is 1. The van der Waals surface area contributed by atoms with Crippen LogP contribution in [0.15, 0.2) is 47.6 Å². The molecule has 7 heteroatoms. The fraction of sp³-hybridized carbons (Fsp3) is 0.318. The molecule has 0 aliphatic carbocycles. The van der Waals surface area contributed by atoms with Crippen LogP contribution in [-0.2, 0) is 4.79 Å². The third-order valence-corrected chi connectivity index (χ3v) is 5.48. The van der Waals surface area contributed by atoms with Crippen molar-refractivity contribution < 1.29 is 9.53 Å². The van der Waals surface area contributed by atoms with Crippen molar-refractivity contribution in [3.8, 4) is 11.4 Å². The van der Waals surface area contributed by atoms with Crippen LogP contribution >= 0.6 is 11.8 Å². The zero-order valence-electron chi connectivity index (χ0n) is 17.5. The van der Waals surface area contributed by atoms with Crippen LogP contribution in [0.1, 0.15) is 23.9 Å². The highest BCUT2D eigenvalue weighted by atomic mass is 32.2. The van der Waals surface area contributed by atoms with Gasteiger partial charge in [0.05, 0.1) is 18.6 Å². The molecule has 0 spiro atoms. The lowest BCUT2D eigenvalue weighted by molar-refractivity contribution is -0.116. The van der Waals surface area contributed by atoms with Crippen LogP contribution in [0.4, 0.5) is 5.69 Å². The number of hydrogen-bond acceptors (Lipinski definition) is 5. The molecule has 0 unspecified atom stereocenters. The van der Waals surface area contributed by atoms with Crippen LogP contribution in [0.5, 0.6) is 5.75 Å². The van der Waals surface area contributed by atoms with Gasteiger partial charge in [0.25, 0.3) is 0 Å². The summed E-state index contributed by atoms with van der Waals surface area (Å²) in [6.45, 7) is 8.59. The third kappa shape index (κ3) is 4.79. The third-order valence-electron chi connectivity index (χ3n) is 4.57. The van der Waals surface area contributed by atoms with Gasteiger partial charge in [-0.1, -0.05) is 23.9 Å². The number of anilines is 1. The first-order chi connectivity index (χ1) is 13.9. The topological polar surface area (TPSA) is 60.2 Å². The number of thioether (sulfide) groups is 1. The van der Waals surface area contributed by atoms with Crippen LogP contribution in [0.3, 0.4) is 0 Å². The molecule has 1 heterocycles. The molecule has 0 bridgehead atoms. The van der Waals surface area contributed by atoms with E-state index in [1.54, 1.807) is 7.11 Å². The molecule has 0 aliphatic rings. The zero-order chi connectivity index (χ0) is 21.0. The molecule has 2 aromatic carbocycles. The average molecular weight is 411 g/mol. The molecular formula is C22H26N4O2S. The summed E-state index contributed by atoms with van der Waals surface area (Å²) < 4.78 is 7.26. The molecule has 0 fully saturated rings. The van der Waals surface area contributed by atoms with Gasteiger partial charge in [-0.2, -0.15) is 0 Å². The Kier molecular flexibility index (Phi) is 6.59. The van der Waals surface area contributed by atoms with E-state index in [0.29, 0.717) is 11.7 Å². The number of rotatable bonds is 7. The predicted molar refractivity (Wildman–Crippen MR) is 117 cm³/mol. The summed E-state index contributed by atoms with van der Waals surface area (Å²) in [5.74, 6) is 1.84. The second kappa shape index (κ2) is 9.13. The van der Waals surface area contributed by atoms with Crippen molar-refractivity contribution in [2.45, 2.75) is 32.9 Å². The van der Waals surface area contributed by atoms with Crippen LogP contribution in [0.2, 0.25) is 0 Å². The van der Waals surface area contributed by atoms with Crippen LogP contribution in [-0.4, -0.2) is 40.1 Å². The van der Waals surface area contributed by atoms with E-state index < -0.39 is 0 Å². The molecule has 0 aliphatic heterocycles. The average Bonchev–Trinajstić information content (AvgIpc) is 3.06. The maximum absolute atomic E-state index is 13.0. The molecule has 29 heavy (non-hydrogen) atoms. The van der Waals surface area contributed by atoms with Gasteiger partial charge in [-0.3, -0.25) is 9.36 Å². The summed E-state index contributed by atoms with van der Waals surface area (Å²) in [6.07, 6.45) is 0. The van der Waals surface area contributed by atoms with Crippen molar-refractivity contribution in [1.29, 1.82) is 0 Å². The fourth-order valence-electron chi connectivity index (χ4n) is 3.30. The smallest absolute Gasteiger partial charge is 0.237 e. The molecule has 6 nitrogen and oxygen atoms in total. The van der Waals surface area contributed by atoms with Gasteiger partial charge in [0.15, 0.2) is 5.16 Å². The van der Waals surface area contributed by atoms with Crippen molar-refractivity contribution in [1.82, 2.24) is 14.8 Å². The molecule has 1 aromatic heterocycles. The maximum Gasteiger partial charge on any atom is 0.237 e. The van der Waals surface area contributed by atoms with E-state index in [-0.39, 0.29) is 11.7 Å². The van der Waals surface area contributed by atoms with Crippen molar-refractivity contribution >= 4 is 23.4 Å². The second-order valence-electron chi connectivity index (χ2n) is 6.84. The summed E-state index contributed by atoms with van der Waals surface area (Å²) in [5.41, 5.74) is 4.13. The van der Waals surface area contributed by atoms with Crippen molar-refractivity contribution in [2.75, 3.05) is 24.3 Å². The Bertz CT molecular complexity index is 996. The Morgan fingerprint density at radius 1 is 1.10 bits per heavy atom. The number of amides is 1. The normalized spacial score (nSPS) is 10.8. The number of benzene rings is 2. The summed E-state index contributed by atoms with van der Waals surface area (Å²) >= 11 is 1.39. The minimum atomic E-state index is 0.0420. The van der Waals surface area contributed by atoms with Gasteiger partial charge in [-0.15, -0.1) is 10.2 Å². The summed E-state index contributed by atoms with van der Waals surface area (Å²) in [5, 5.41) is 9.15. The molecule has 0 atom stereocenters. The molecular weight excluding hydrogens is 384 g/mol. The standard InChI is InChI=1S/C22H26N4O2S/c1-6-25(19-11-15(2)10-16(3)12-19)21(27)14-29-22-24-23-17(4)26(22)18-8-7-9-20(13-18)28-5/h7-13H,6,14H2,1-5H3. The van der Waals surface area contributed by atoms with Crippen molar-refractivity contribution in [3.05, 3.63) is 59.4 Å². The Morgan fingerprint density at radius 2 is 1.83 bits per heavy atom. The number of hydrogen-bond donors (Lipinski definition) is 0. The monoisotopic (exact) mass is 410 g/mol. The number of aromatic nitrogens is 3. The van der Waals surface area contributed by atoms with E-state index in [0.717, 1.165) is 34.1 Å². The minimum Gasteiger partial charge on any atom is -0.497 e. The molecule has 3 aromatic rings. The quantitative estimate of drug-likeness (QED) is 0.542. The van der Waals surface area contributed by atoms with E-state index in [1.165, 1.54) is 11.8 Å². The Balaban J connectivity index is 1.80. The minimum absolute atomic E-state index is 0.0420. The van der Waals surface area contributed by atoms with Gasteiger partial charge in [0.2, 0.25) is 5.91 Å². The van der Waals surface area contributed by atoms with E-state index in [9.17, 15) is 4.79 Å². The molecule has 3 rings (SSSR count). The number of carbonyl (C=O) groups is 1. The first-order valence-corrected chi connectivity index (χ1v) is 10.5. The summed E-state index contributed by atoms with van der Waals surface area (Å²) in [4.78, 5) is 14.8. The van der Waals surface area contributed by atoms with E-state index in [1.807, 2.05) is 73.6 Å². The highest BCUT2D eigenvalue weighted by Gasteiger charge is 2.18. The highest BCUT2D eigenvalue weighted by molar-refractivity contribution is 7.99. The Morgan fingerprint density at radius 3 is 2.48 bits per heavy atom. The summed E-state index contributed by atoms with van der Waals surface area (Å²) in [7, 11) is 1.64. The largest absolute Gasteiger partial charge is 0.497 e. The highest BCUT2D eigenvalue weighted by Crippen LogP contribution is 2.26. The fourth-order valence-corrected chi connectivity index (χ4v) is 4.17. The number of nitrogens with zero attached hydrogens (tertiary/aromatic N) is 4. The molecule has 1 amide bonds. The van der Waals surface area contributed by atoms with Gasteiger partial charge in [-0.25, -0.2) is 0 Å². The lowest BCUT2D eigenvalue weighted by Crippen LogP contribution is -2.32. The SMILES string of the molecule is CCN(C(=O)CSc1nnc(C)n1-c1cccc(OC)c1)c1cc(C)cc(C)c1. The predicted octanol–water partition coefficient (Wildman–Crippen LogP) is 4.35. The first kappa shape index (κ1) is 20.9. The maximum atomic E-state index is 13.0. The van der Waals surface area contributed by atoms with E-state index in [4.69, 9.17) is 4.74 Å². The van der Waals surface area contributed by atoms with Gasteiger partial charge in [0, 0.05) is 18.3 Å². The molecule has 0 radical (unpaired) electrons. The van der Waals surface area contributed by atoms with Gasteiger partial charge in [0.1, 0.15) is 11.6 Å². The van der Waals surface area contributed by atoms with Gasteiger partial charge in [-0.05, 0) is 63.1 Å². The Hall–Kier alpha value is -2.80. The number of ether oxygens (including phenoxy) is 1. The number of aryl methyl sites for hydroxylation is 3. The Labute approximate surface area is 175 Å². The first-order valence-electron chi connectivity index (χ1n) is 9.50. The molecule has 0 saturated carbocycles. The number of methoxy groups -OCH3 is 1. The van der Waals surface area contributed by atoms with Crippen molar-refractivity contribution in [2.24, 2.45) is 0 Å². The molecule has 0 saturated heterocycles. The second-order valence-corrected chi connectivity index (χ2v) is 7.78.